The molecule has 0 aliphatic rings. The van der Waals surface area contributed by atoms with Gasteiger partial charge in [0.25, 0.3) is 15.6 Å². The minimum absolute atomic E-state index is 0.0729. The van der Waals surface area contributed by atoms with Crippen LogP contribution in [0.2, 0.25) is 0 Å². The monoisotopic (exact) mass is 391 g/mol. The number of aromatic nitrogens is 2. The maximum atomic E-state index is 13.9. The zero-order valence-electron chi connectivity index (χ0n) is 14.9. The fraction of sp³-hybridized carbons (Fsp3) is 0.167. The molecule has 0 bridgehead atoms. The second-order valence-corrected chi connectivity index (χ2v) is 7.52. The van der Waals surface area contributed by atoms with Gasteiger partial charge >= 0.3 is 0 Å². The van der Waals surface area contributed by atoms with Crippen LogP contribution >= 0.6 is 0 Å². The first kappa shape index (κ1) is 18.7. The number of para-hydroxylation sites is 1. The van der Waals surface area contributed by atoms with Crippen molar-refractivity contribution in [3.8, 4) is 11.4 Å². The highest BCUT2D eigenvalue weighted by Crippen LogP contribution is 2.23. The smallest absolute Gasteiger partial charge is 0.296 e. The standard InChI is InChI=1S/C18H18FN3O4S/c1-12-17(18(23)22(21(12)2)13-7-5-4-6-8-13)20-27(24,25)14-9-10-16(26-3)15(19)11-14/h4-11,20H,1-3H3. The number of sulfonamides is 1. The lowest BCUT2D eigenvalue weighted by molar-refractivity contribution is 0.385. The van der Waals surface area contributed by atoms with Gasteiger partial charge in [0, 0.05) is 7.05 Å². The van der Waals surface area contributed by atoms with Gasteiger partial charge in [0.2, 0.25) is 0 Å². The van der Waals surface area contributed by atoms with Crippen LogP contribution in [-0.4, -0.2) is 24.9 Å². The summed E-state index contributed by atoms with van der Waals surface area (Å²) >= 11 is 0. The normalized spacial score (nSPS) is 11.4. The summed E-state index contributed by atoms with van der Waals surface area (Å²) in [5.74, 6) is -0.886. The Bertz CT molecular complexity index is 1150. The molecule has 0 unspecified atom stereocenters. The zero-order valence-corrected chi connectivity index (χ0v) is 15.7. The van der Waals surface area contributed by atoms with Crippen LogP contribution in [0.4, 0.5) is 10.1 Å². The summed E-state index contributed by atoms with van der Waals surface area (Å²) in [6.07, 6.45) is 0. The number of anilines is 1. The molecule has 1 heterocycles. The number of rotatable bonds is 5. The molecule has 0 atom stereocenters. The van der Waals surface area contributed by atoms with Crippen molar-refractivity contribution in [2.45, 2.75) is 11.8 Å². The molecule has 3 rings (SSSR count). The van der Waals surface area contributed by atoms with Crippen molar-refractivity contribution in [2.24, 2.45) is 7.05 Å². The maximum absolute atomic E-state index is 13.9. The molecule has 1 N–H and O–H groups in total. The van der Waals surface area contributed by atoms with E-state index in [1.807, 2.05) is 6.07 Å². The summed E-state index contributed by atoms with van der Waals surface area (Å²) in [4.78, 5) is 12.5. The molecule has 142 valence electrons. The van der Waals surface area contributed by atoms with Crippen LogP contribution in [-0.2, 0) is 17.1 Å². The first-order valence-electron chi connectivity index (χ1n) is 7.96. The largest absolute Gasteiger partial charge is 0.494 e. The van der Waals surface area contributed by atoms with Gasteiger partial charge in [0.05, 0.1) is 23.4 Å². The molecule has 1 aromatic heterocycles. The average Bonchev–Trinajstić information content (AvgIpc) is 2.85. The van der Waals surface area contributed by atoms with E-state index in [1.54, 1.807) is 42.9 Å². The first-order chi connectivity index (χ1) is 12.8. The zero-order chi connectivity index (χ0) is 19.8. The van der Waals surface area contributed by atoms with Crippen LogP contribution in [0.25, 0.3) is 5.69 Å². The highest BCUT2D eigenvalue weighted by atomic mass is 32.2. The number of hydrogen-bond donors (Lipinski definition) is 1. The van der Waals surface area contributed by atoms with Gasteiger partial charge in [-0.05, 0) is 37.3 Å². The van der Waals surface area contributed by atoms with Crippen LogP contribution in [0.5, 0.6) is 5.75 Å². The van der Waals surface area contributed by atoms with Crippen molar-refractivity contribution in [1.82, 2.24) is 9.36 Å². The number of benzene rings is 2. The van der Waals surface area contributed by atoms with Crippen molar-refractivity contribution in [2.75, 3.05) is 11.8 Å². The Morgan fingerprint density at radius 2 is 1.78 bits per heavy atom. The van der Waals surface area contributed by atoms with Gasteiger partial charge < -0.3 is 4.74 Å². The van der Waals surface area contributed by atoms with Gasteiger partial charge in [-0.25, -0.2) is 17.5 Å². The molecule has 0 saturated heterocycles. The molecule has 3 aromatic rings. The Labute approximate surface area is 155 Å². The second kappa shape index (κ2) is 6.92. The molecule has 0 spiro atoms. The van der Waals surface area contributed by atoms with E-state index >= 15 is 0 Å². The van der Waals surface area contributed by atoms with Gasteiger partial charge in [-0.2, -0.15) is 0 Å². The number of nitrogens with zero attached hydrogens (tertiary/aromatic N) is 2. The van der Waals surface area contributed by atoms with Gasteiger partial charge in [0.1, 0.15) is 5.69 Å². The lowest BCUT2D eigenvalue weighted by Crippen LogP contribution is -2.23. The van der Waals surface area contributed by atoms with Gasteiger partial charge in [-0.15, -0.1) is 0 Å². The van der Waals surface area contributed by atoms with E-state index in [1.165, 1.54) is 23.9 Å². The number of halogens is 1. The van der Waals surface area contributed by atoms with Gasteiger partial charge in [0.15, 0.2) is 11.6 Å². The number of nitrogens with one attached hydrogen (secondary N) is 1. The maximum Gasteiger partial charge on any atom is 0.296 e. The number of methoxy groups -OCH3 is 1. The molecule has 0 aliphatic carbocycles. The first-order valence-corrected chi connectivity index (χ1v) is 9.45. The molecule has 0 aliphatic heterocycles. The molecular formula is C18H18FN3O4S. The fourth-order valence-electron chi connectivity index (χ4n) is 2.69. The third kappa shape index (κ3) is 3.33. The summed E-state index contributed by atoms with van der Waals surface area (Å²) in [7, 11) is -1.23. The lowest BCUT2D eigenvalue weighted by atomic mass is 10.3. The third-order valence-corrected chi connectivity index (χ3v) is 5.57. The van der Waals surface area contributed by atoms with Crippen molar-refractivity contribution in [3.05, 3.63) is 70.4 Å². The van der Waals surface area contributed by atoms with Crippen LogP contribution in [0.1, 0.15) is 5.69 Å². The van der Waals surface area contributed by atoms with Crippen molar-refractivity contribution < 1.29 is 17.5 Å². The lowest BCUT2D eigenvalue weighted by Gasteiger charge is -2.08. The summed E-state index contributed by atoms with van der Waals surface area (Å²) < 4.78 is 49.1. The fourth-order valence-corrected chi connectivity index (χ4v) is 3.82. The molecule has 0 fully saturated rings. The molecule has 9 heteroatoms. The van der Waals surface area contributed by atoms with E-state index in [0.717, 1.165) is 6.07 Å². The highest BCUT2D eigenvalue weighted by Gasteiger charge is 2.23. The predicted molar refractivity (Wildman–Crippen MR) is 99.5 cm³/mol. The molecule has 7 nitrogen and oxygen atoms in total. The minimum Gasteiger partial charge on any atom is -0.494 e. The third-order valence-electron chi connectivity index (χ3n) is 4.22. The number of hydrogen-bond acceptors (Lipinski definition) is 4. The summed E-state index contributed by atoms with van der Waals surface area (Å²) in [6, 6.07) is 12.1. The SMILES string of the molecule is COc1ccc(S(=O)(=O)Nc2c(C)n(C)n(-c3ccccc3)c2=O)cc1F. The van der Waals surface area contributed by atoms with Crippen LogP contribution in [0, 0.1) is 12.7 Å². The quantitative estimate of drug-likeness (QED) is 0.724. The molecular weight excluding hydrogens is 373 g/mol. The molecule has 0 saturated carbocycles. The number of ether oxygens (including phenoxy) is 1. The Morgan fingerprint density at radius 1 is 1.11 bits per heavy atom. The van der Waals surface area contributed by atoms with Crippen molar-refractivity contribution >= 4 is 15.7 Å². The van der Waals surface area contributed by atoms with E-state index in [0.29, 0.717) is 11.4 Å². The van der Waals surface area contributed by atoms with E-state index in [9.17, 15) is 17.6 Å². The van der Waals surface area contributed by atoms with Crippen molar-refractivity contribution in [1.29, 1.82) is 0 Å². The van der Waals surface area contributed by atoms with Gasteiger partial charge in [-0.1, -0.05) is 18.2 Å². The Kier molecular flexibility index (Phi) is 4.79. The summed E-state index contributed by atoms with van der Waals surface area (Å²) in [5, 5.41) is 0. The van der Waals surface area contributed by atoms with Crippen LogP contribution < -0.4 is 15.0 Å². The summed E-state index contributed by atoms with van der Waals surface area (Å²) in [5.41, 5.74) is 0.381. The molecule has 0 radical (unpaired) electrons. The Balaban J connectivity index is 2.06. The van der Waals surface area contributed by atoms with Gasteiger partial charge in [-0.3, -0.25) is 14.2 Å². The van der Waals surface area contributed by atoms with E-state index in [2.05, 4.69) is 4.72 Å². The van der Waals surface area contributed by atoms with Crippen LogP contribution in [0.3, 0.4) is 0 Å². The Morgan fingerprint density at radius 3 is 2.37 bits per heavy atom. The Hall–Kier alpha value is -3.07. The average molecular weight is 391 g/mol. The van der Waals surface area contributed by atoms with E-state index < -0.39 is 21.4 Å². The second-order valence-electron chi connectivity index (χ2n) is 5.84. The molecule has 0 amide bonds. The van der Waals surface area contributed by atoms with Crippen LogP contribution in [0.15, 0.2) is 58.2 Å². The molecule has 2 aromatic carbocycles. The summed E-state index contributed by atoms with van der Waals surface area (Å²) in [6.45, 7) is 1.62. The predicted octanol–water partition coefficient (Wildman–Crippen LogP) is 2.43. The minimum atomic E-state index is -4.16. The topological polar surface area (TPSA) is 82.3 Å². The van der Waals surface area contributed by atoms with E-state index in [4.69, 9.17) is 4.74 Å². The highest BCUT2D eigenvalue weighted by molar-refractivity contribution is 7.92. The molecule has 27 heavy (non-hydrogen) atoms. The van der Waals surface area contributed by atoms with E-state index in [-0.39, 0.29) is 16.3 Å². The van der Waals surface area contributed by atoms with Crippen molar-refractivity contribution in [3.63, 3.8) is 0 Å².